The highest BCUT2D eigenvalue weighted by Gasteiger charge is 2.03. The lowest BCUT2D eigenvalue weighted by molar-refractivity contribution is 0.0233. The number of thiol groups is 1. The summed E-state index contributed by atoms with van der Waals surface area (Å²) in [5, 5.41) is 0. The van der Waals surface area contributed by atoms with Crippen LogP contribution in [0.1, 0.15) is 15.9 Å². The Morgan fingerprint density at radius 3 is 2.39 bits per heavy atom. The van der Waals surface area contributed by atoms with Gasteiger partial charge in [-0.25, -0.2) is 5.48 Å². The van der Waals surface area contributed by atoms with Crippen LogP contribution in [0.15, 0.2) is 59.5 Å². The summed E-state index contributed by atoms with van der Waals surface area (Å²) in [7, 11) is 0. The zero-order valence-electron chi connectivity index (χ0n) is 9.67. The van der Waals surface area contributed by atoms with Gasteiger partial charge >= 0.3 is 0 Å². The molecule has 0 saturated heterocycles. The van der Waals surface area contributed by atoms with Crippen molar-refractivity contribution in [1.29, 1.82) is 0 Å². The first-order chi connectivity index (χ1) is 8.75. The highest BCUT2D eigenvalue weighted by molar-refractivity contribution is 7.80. The molecule has 2 aromatic carbocycles. The average Bonchev–Trinajstić information content (AvgIpc) is 2.42. The van der Waals surface area contributed by atoms with Crippen molar-refractivity contribution in [2.24, 2.45) is 0 Å². The van der Waals surface area contributed by atoms with Gasteiger partial charge in [0.25, 0.3) is 5.91 Å². The van der Waals surface area contributed by atoms with Crippen molar-refractivity contribution in [3.63, 3.8) is 0 Å². The number of hydrogen-bond donors (Lipinski definition) is 2. The van der Waals surface area contributed by atoms with Crippen molar-refractivity contribution < 1.29 is 9.63 Å². The molecule has 3 nitrogen and oxygen atoms in total. The summed E-state index contributed by atoms with van der Waals surface area (Å²) in [6.07, 6.45) is 0. The second kappa shape index (κ2) is 6.23. The van der Waals surface area contributed by atoms with E-state index in [2.05, 4.69) is 18.1 Å². The van der Waals surface area contributed by atoms with E-state index in [1.54, 1.807) is 24.3 Å². The largest absolute Gasteiger partial charge is 0.274 e. The van der Waals surface area contributed by atoms with Gasteiger partial charge in [0.2, 0.25) is 0 Å². The molecule has 0 atom stereocenters. The van der Waals surface area contributed by atoms with Crippen LogP contribution in [-0.2, 0) is 11.4 Å². The lowest BCUT2D eigenvalue weighted by atomic mass is 10.2. The third-order valence-corrected chi connectivity index (χ3v) is 2.67. The van der Waals surface area contributed by atoms with Crippen LogP contribution in [-0.4, -0.2) is 5.91 Å². The number of carbonyl (C=O) groups excluding carboxylic acids is 1. The number of nitrogens with one attached hydrogen (secondary N) is 1. The molecule has 0 saturated carbocycles. The van der Waals surface area contributed by atoms with Crippen LogP contribution in [0.5, 0.6) is 0 Å². The lowest BCUT2D eigenvalue weighted by Crippen LogP contribution is -2.23. The molecule has 4 heteroatoms. The van der Waals surface area contributed by atoms with Gasteiger partial charge in [0.05, 0.1) is 6.61 Å². The van der Waals surface area contributed by atoms with Crippen LogP contribution in [0, 0.1) is 0 Å². The molecule has 0 aliphatic rings. The van der Waals surface area contributed by atoms with Gasteiger partial charge in [-0.2, -0.15) is 0 Å². The molecule has 18 heavy (non-hydrogen) atoms. The normalized spacial score (nSPS) is 10.1. The Hall–Kier alpha value is -1.78. The van der Waals surface area contributed by atoms with Crippen molar-refractivity contribution >= 4 is 18.5 Å². The predicted molar refractivity (Wildman–Crippen MR) is 72.4 cm³/mol. The molecule has 0 unspecified atom stereocenters. The van der Waals surface area contributed by atoms with Crippen LogP contribution < -0.4 is 5.48 Å². The third kappa shape index (κ3) is 3.61. The SMILES string of the molecule is O=C(NOCc1ccc(S)cc1)c1ccccc1. The molecule has 0 aliphatic carbocycles. The van der Waals surface area contributed by atoms with E-state index in [1.165, 1.54) is 0 Å². The van der Waals surface area contributed by atoms with Gasteiger partial charge in [0, 0.05) is 10.5 Å². The third-order valence-electron chi connectivity index (χ3n) is 2.38. The van der Waals surface area contributed by atoms with E-state index >= 15 is 0 Å². The molecule has 2 aromatic rings. The molecule has 0 heterocycles. The molecule has 0 aromatic heterocycles. The topological polar surface area (TPSA) is 38.3 Å². The van der Waals surface area contributed by atoms with E-state index in [1.807, 2.05) is 30.3 Å². The molecule has 92 valence electrons. The first-order valence-electron chi connectivity index (χ1n) is 5.51. The minimum Gasteiger partial charge on any atom is -0.269 e. The van der Waals surface area contributed by atoms with E-state index in [4.69, 9.17) is 4.84 Å². The van der Waals surface area contributed by atoms with Crippen molar-refractivity contribution in [3.8, 4) is 0 Å². The Kier molecular flexibility index (Phi) is 4.39. The highest BCUT2D eigenvalue weighted by Crippen LogP contribution is 2.08. The number of carbonyl (C=O) groups is 1. The van der Waals surface area contributed by atoms with E-state index in [9.17, 15) is 4.79 Å². The van der Waals surface area contributed by atoms with Gasteiger partial charge in [-0.15, -0.1) is 12.6 Å². The summed E-state index contributed by atoms with van der Waals surface area (Å²) in [5.41, 5.74) is 3.95. The fourth-order valence-corrected chi connectivity index (χ4v) is 1.57. The molecule has 1 N–H and O–H groups in total. The first-order valence-corrected chi connectivity index (χ1v) is 5.95. The summed E-state index contributed by atoms with van der Waals surface area (Å²) < 4.78 is 0. The second-order valence-corrected chi connectivity index (χ2v) is 4.27. The van der Waals surface area contributed by atoms with Crippen LogP contribution in [0.25, 0.3) is 0 Å². The van der Waals surface area contributed by atoms with Gasteiger partial charge < -0.3 is 0 Å². The highest BCUT2D eigenvalue weighted by atomic mass is 32.1. The Morgan fingerprint density at radius 2 is 1.72 bits per heavy atom. The Morgan fingerprint density at radius 1 is 1.06 bits per heavy atom. The van der Waals surface area contributed by atoms with Gasteiger partial charge in [-0.05, 0) is 29.8 Å². The van der Waals surface area contributed by atoms with E-state index in [0.29, 0.717) is 12.2 Å². The Bertz CT molecular complexity index is 511. The standard InChI is InChI=1S/C14H13NO2S/c16-14(12-4-2-1-3-5-12)15-17-10-11-6-8-13(18)9-7-11/h1-9,18H,10H2,(H,15,16). The van der Waals surface area contributed by atoms with Crippen LogP contribution in [0.4, 0.5) is 0 Å². The molecular weight excluding hydrogens is 246 g/mol. The van der Waals surface area contributed by atoms with Gasteiger partial charge in [-0.1, -0.05) is 30.3 Å². The van der Waals surface area contributed by atoms with Crippen LogP contribution >= 0.6 is 12.6 Å². The molecular formula is C14H13NO2S. The molecule has 0 bridgehead atoms. The van der Waals surface area contributed by atoms with E-state index in [-0.39, 0.29) is 5.91 Å². The summed E-state index contributed by atoms with van der Waals surface area (Å²) in [6, 6.07) is 16.5. The number of amides is 1. The number of rotatable bonds is 4. The van der Waals surface area contributed by atoms with Gasteiger partial charge in [-0.3, -0.25) is 9.63 Å². The molecule has 1 amide bonds. The predicted octanol–water partition coefficient (Wildman–Crippen LogP) is 2.84. The summed E-state index contributed by atoms with van der Waals surface area (Å²) >= 11 is 4.19. The van der Waals surface area contributed by atoms with Crippen molar-refractivity contribution in [2.75, 3.05) is 0 Å². The maximum Gasteiger partial charge on any atom is 0.274 e. The number of benzene rings is 2. The minimum atomic E-state index is -0.249. The van der Waals surface area contributed by atoms with E-state index in [0.717, 1.165) is 10.5 Å². The summed E-state index contributed by atoms with van der Waals surface area (Å²) in [4.78, 5) is 17.7. The van der Waals surface area contributed by atoms with Gasteiger partial charge in [0.15, 0.2) is 0 Å². The fraction of sp³-hybridized carbons (Fsp3) is 0.0714. The molecule has 0 aliphatic heterocycles. The summed E-state index contributed by atoms with van der Waals surface area (Å²) in [5.74, 6) is -0.249. The Balaban J connectivity index is 1.82. The van der Waals surface area contributed by atoms with Crippen LogP contribution in [0.2, 0.25) is 0 Å². The lowest BCUT2D eigenvalue weighted by Gasteiger charge is -2.06. The summed E-state index contributed by atoms with van der Waals surface area (Å²) in [6.45, 7) is 0.326. The zero-order valence-corrected chi connectivity index (χ0v) is 10.6. The smallest absolute Gasteiger partial charge is 0.269 e. The monoisotopic (exact) mass is 259 g/mol. The average molecular weight is 259 g/mol. The molecule has 0 spiro atoms. The quantitative estimate of drug-likeness (QED) is 0.654. The first kappa shape index (κ1) is 12.7. The maximum atomic E-state index is 11.6. The van der Waals surface area contributed by atoms with Crippen molar-refractivity contribution in [1.82, 2.24) is 5.48 Å². The molecule has 0 radical (unpaired) electrons. The minimum absolute atomic E-state index is 0.249. The maximum absolute atomic E-state index is 11.6. The van der Waals surface area contributed by atoms with Crippen LogP contribution in [0.3, 0.4) is 0 Å². The number of hydroxylamine groups is 1. The molecule has 0 fully saturated rings. The van der Waals surface area contributed by atoms with E-state index < -0.39 is 0 Å². The zero-order chi connectivity index (χ0) is 12.8. The fourth-order valence-electron chi connectivity index (χ4n) is 1.43. The molecule has 2 rings (SSSR count). The second-order valence-electron chi connectivity index (χ2n) is 3.75. The Labute approximate surface area is 111 Å². The van der Waals surface area contributed by atoms with Crippen molar-refractivity contribution in [2.45, 2.75) is 11.5 Å². The number of hydrogen-bond acceptors (Lipinski definition) is 3. The van der Waals surface area contributed by atoms with Crippen molar-refractivity contribution in [3.05, 3.63) is 65.7 Å². The van der Waals surface area contributed by atoms with Gasteiger partial charge in [0.1, 0.15) is 0 Å².